The summed E-state index contributed by atoms with van der Waals surface area (Å²) in [6.07, 6.45) is 0. The van der Waals surface area contributed by atoms with E-state index in [9.17, 15) is 0 Å². The molecule has 0 spiro atoms. The van der Waals surface area contributed by atoms with E-state index in [4.69, 9.17) is 10.6 Å². The highest BCUT2D eigenvalue weighted by molar-refractivity contribution is 5.82. The maximum Gasteiger partial charge on any atom is 0.137 e. The van der Waals surface area contributed by atoms with Crippen molar-refractivity contribution in [1.82, 2.24) is 5.43 Å². The van der Waals surface area contributed by atoms with Crippen LogP contribution in [0.5, 0.6) is 0 Å². The molecule has 0 aliphatic carbocycles. The second kappa shape index (κ2) is 6.12. The minimum atomic E-state index is 0.251. The number of nitrogens with two attached hydrogens (primary N) is 1. The molecule has 0 aliphatic heterocycles. The van der Waals surface area contributed by atoms with Crippen LogP contribution in [0, 0.1) is 0 Å². The van der Waals surface area contributed by atoms with E-state index < -0.39 is 0 Å². The normalized spacial score (nSPS) is 12.3. The van der Waals surface area contributed by atoms with E-state index in [1.54, 1.807) is 0 Å². The topological polar surface area (TPSA) is 59.6 Å². The van der Waals surface area contributed by atoms with Crippen molar-refractivity contribution in [3.8, 4) is 0 Å². The summed E-state index contributed by atoms with van der Waals surface area (Å²) in [5.41, 5.74) is 2.49. The highest BCUT2D eigenvalue weighted by Gasteiger charge is 1.96. The summed E-state index contributed by atoms with van der Waals surface area (Å²) in [6, 6.07) is 0.251. The van der Waals surface area contributed by atoms with Gasteiger partial charge >= 0.3 is 0 Å². The van der Waals surface area contributed by atoms with Crippen LogP contribution in [-0.4, -0.2) is 25.1 Å². The molecule has 11 heavy (non-hydrogen) atoms. The number of nitrogens with one attached hydrogen (secondary N) is 1. The Balaban J connectivity index is 3.74. The highest BCUT2D eigenvalue weighted by atomic mass is 16.5. The van der Waals surface area contributed by atoms with Crippen molar-refractivity contribution in [3.05, 3.63) is 0 Å². The number of aliphatic imine (C=N–C) groups is 1. The lowest BCUT2D eigenvalue weighted by molar-refractivity contribution is 0.185. The number of hydrogen-bond acceptors (Lipinski definition) is 3. The first-order valence-corrected chi connectivity index (χ1v) is 3.81. The van der Waals surface area contributed by atoms with Crippen molar-refractivity contribution >= 4 is 5.84 Å². The van der Waals surface area contributed by atoms with Gasteiger partial charge in [-0.25, -0.2) is 5.84 Å². The van der Waals surface area contributed by atoms with Gasteiger partial charge in [0.25, 0.3) is 0 Å². The van der Waals surface area contributed by atoms with Crippen molar-refractivity contribution in [2.75, 3.05) is 13.2 Å². The number of rotatable bonds is 4. The fourth-order valence-corrected chi connectivity index (χ4v) is 0.627. The Morgan fingerprint density at radius 3 is 2.64 bits per heavy atom. The van der Waals surface area contributed by atoms with Gasteiger partial charge in [-0.2, -0.15) is 0 Å². The van der Waals surface area contributed by atoms with E-state index in [-0.39, 0.29) is 6.04 Å². The molecule has 0 saturated carbocycles. The Bertz CT molecular complexity index is 123. The molecule has 0 rings (SSSR count). The largest absolute Gasteiger partial charge is 0.374 e. The van der Waals surface area contributed by atoms with Crippen LogP contribution in [0.3, 0.4) is 0 Å². The number of ether oxygens (including phenoxy) is 1. The van der Waals surface area contributed by atoms with Gasteiger partial charge in [0, 0.05) is 12.6 Å². The molecule has 0 aliphatic rings. The lowest BCUT2D eigenvalue weighted by Gasteiger charge is -2.06. The first-order chi connectivity index (χ1) is 5.20. The Hall–Kier alpha value is -0.610. The van der Waals surface area contributed by atoms with Crippen molar-refractivity contribution < 1.29 is 4.74 Å². The van der Waals surface area contributed by atoms with E-state index >= 15 is 0 Å². The molecule has 0 fully saturated rings. The van der Waals surface area contributed by atoms with Gasteiger partial charge in [0.2, 0.25) is 0 Å². The Morgan fingerprint density at radius 1 is 1.64 bits per heavy atom. The molecule has 0 aromatic heterocycles. The molecule has 0 radical (unpaired) electrons. The van der Waals surface area contributed by atoms with Gasteiger partial charge in [-0.05, 0) is 20.8 Å². The van der Waals surface area contributed by atoms with Crippen molar-refractivity contribution in [1.29, 1.82) is 0 Å². The third-order valence-corrected chi connectivity index (χ3v) is 1.02. The highest BCUT2D eigenvalue weighted by Crippen LogP contribution is 1.86. The zero-order valence-electron chi connectivity index (χ0n) is 7.42. The lowest BCUT2D eigenvalue weighted by Crippen LogP contribution is -2.34. The quantitative estimate of drug-likeness (QED) is 0.268. The molecular formula is C7H17N3O. The van der Waals surface area contributed by atoms with Gasteiger partial charge in [-0.3, -0.25) is 4.99 Å². The summed E-state index contributed by atoms with van der Waals surface area (Å²) in [6.45, 7) is 7.06. The number of hydrogen-bond donors (Lipinski definition) is 2. The molecule has 0 heterocycles. The van der Waals surface area contributed by atoms with Crippen molar-refractivity contribution in [2.45, 2.75) is 26.8 Å². The van der Waals surface area contributed by atoms with Crippen LogP contribution in [-0.2, 0) is 4.74 Å². The molecule has 0 aromatic carbocycles. The predicted octanol–water partition coefficient (Wildman–Crippen LogP) is 0.293. The molecule has 0 saturated heterocycles. The average molecular weight is 159 g/mol. The fraction of sp³-hybridized carbons (Fsp3) is 0.857. The summed E-state index contributed by atoms with van der Waals surface area (Å²) in [5, 5.41) is 0. The summed E-state index contributed by atoms with van der Waals surface area (Å²) in [5.74, 6) is 5.90. The van der Waals surface area contributed by atoms with E-state index in [0.717, 1.165) is 0 Å². The Morgan fingerprint density at radius 2 is 2.27 bits per heavy atom. The SMILES string of the molecule is CCOCC(=NC(C)C)NN. The smallest absolute Gasteiger partial charge is 0.137 e. The summed E-state index contributed by atoms with van der Waals surface area (Å²) < 4.78 is 5.11. The predicted molar refractivity (Wildman–Crippen MR) is 46.4 cm³/mol. The monoisotopic (exact) mass is 159 g/mol. The Kier molecular flexibility index (Phi) is 5.78. The first-order valence-electron chi connectivity index (χ1n) is 3.81. The van der Waals surface area contributed by atoms with Crippen LogP contribution in [0.15, 0.2) is 4.99 Å². The number of amidine groups is 1. The first kappa shape index (κ1) is 10.4. The molecule has 0 bridgehead atoms. The van der Waals surface area contributed by atoms with Gasteiger partial charge in [0.15, 0.2) is 0 Å². The van der Waals surface area contributed by atoms with Gasteiger partial charge < -0.3 is 10.2 Å². The van der Waals surface area contributed by atoms with Gasteiger partial charge in [0.05, 0.1) is 0 Å². The molecule has 4 heteroatoms. The van der Waals surface area contributed by atoms with Crippen LogP contribution in [0.2, 0.25) is 0 Å². The van der Waals surface area contributed by atoms with Gasteiger partial charge in [-0.15, -0.1) is 0 Å². The van der Waals surface area contributed by atoms with Crippen LogP contribution in [0.4, 0.5) is 0 Å². The third kappa shape index (κ3) is 5.82. The summed E-state index contributed by atoms with van der Waals surface area (Å²) in [7, 11) is 0. The minimum Gasteiger partial charge on any atom is -0.374 e. The van der Waals surface area contributed by atoms with E-state index in [1.165, 1.54) is 0 Å². The van der Waals surface area contributed by atoms with Crippen molar-refractivity contribution in [2.24, 2.45) is 10.8 Å². The summed E-state index contributed by atoms with van der Waals surface area (Å²) >= 11 is 0. The molecular weight excluding hydrogens is 142 g/mol. The second-order valence-electron chi connectivity index (χ2n) is 2.45. The maximum absolute atomic E-state index is 5.20. The Labute approximate surface area is 67.8 Å². The maximum atomic E-state index is 5.20. The standard InChI is InChI=1S/C7H17N3O/c1-4-11-5-7(10-8)9-6(2)3/h6H,4-5,8H2,1-3H3,(H,9,10). The number of hydrazine groups is 1. The van der Waals surface area contributed by atoms with E-state index in [0.29, 0.717) is 19.0 Å². The van der Waals surface area contributed by atoms with Crippen LogP contribution < -0.4 is 11.3 Å². The molecule has 0 amide bonds. The van der Waals surface area contributed by atoms with Crippen LogP contribution in [0.1, 0.15) is 20.8 Å². The molecule has 3 N–H and O–H groups in total. The number of nitrogens with zero attached hydrogens (tertiary/aromatic N) is 1. The minimum absolute atomic E-state index is 0.251. The van der Waals surface area contributed by atoms with Gasteiger partial charge in [0.1, 0.15) is 12.4 Å². The van der Waals surface area contributed by atoms with E-state index in [1.807, 2.05) is 20.8 Å². The second-order valence-corrected chi connectivity index (χ2v) is 2.45. The molecule has 66 valence electrons. The van der Waals surface area contributed by atoms with Crippen LogP contribution in [0.25, 0.3) is 0 Å². The molecule has 0 unspecified atom stereocenters. The zero-order valence-corrected chi connectivity index (χ0v) is 7.42. The van der Waals surface area contributed by atoms with Crippen LogP contribution >= 0.6 is 0 Å². The third-order valence-electron chi connectivity index (χ3n) is 1.02. The lowest BCUT2D eigenvalue weighted by atomic mass is 10.4. The van der Waals surface area contributed by atoms with Crippen molar-refractivity contribution in [3.63, 3.8) is 0 Å². The molecule has 0 aromatic rings. The zero-order chi connectivity index (χ0) is 8.69. The summed E-state index contributed by atoms with van der Waals surface area (Å²) in [4.78, 5) is 4.19. The van der Waals surface area contributed by atoms with Gasteiger partial charge in [-0.1, -0.05) is 0 Å². The molecule has 0 atom stereocenters. The fourth-order valence-electron chi connectivity index (χ4n) is 0.627. The average Bonchev–Trinajstić information content (AvgIpc) is 1.97. The molecule has 4 nitrogen and oxygen atoms in total. The van der Waals surface area contributed by atoms with E-state index in [2.05, 4.69) is 10.4 Å².